The molecule has 12 rings (SSSR count). The molecular weight excluding hydrogens is 1360 g/mol. The predicted octanol–water partition coefficient (Wildman–Crippen LogP) is 12.2. The van der Waals surface area contributed by atoms with Crippen LogP contribution in [-0.4, -0.2) is 117 Å². The van der Waals surface area contributed by atoms with Crippen LogP contribution in [0.3, 0.4) is 0 Å². The fraction of sp³-hybridized carbons (Fsp3) is 0.299. The molecule has 6 aromatic carbocycles. The number of aromatic nitrogens is 6. The van der Waals surface area contributed by atoms with Gasteiger partial charge >= 0.3 is 43.0 Å². The minimum absolute atomic E-state index is 0. The van der Waals surface area contributed by atoms with Gasteiger partial charge in [0.1, 0.15) is 71.0 Å². The average molecular weight is 1430 g/mol. The van der Waals surface area contributed by atoms with Gasteiger partial charge < -0.3 is 53.2 Å². The Bertz CT molecular complexity index is 5020. The zero-order valence-corrected chi connectivity index (χ0v) is 58.7. The number of aromatic carboxylic acids is 1. The Labute approximate surface area is 612 Å². The molecule has 2 amide bonds. The van der Waals surface area contributed by atoms with Crippen molar-refractivity contribution in [2.45, 2.75) is 130 Å². The van der Waals surface area contributed by atoms with Gasteiger partial charge in [-0.05, 0) is 175 Å². The predicted molar refractivity (Wildman–Crippen MR) is 367 cm³/mol. The van der Waals surface area contributed by atoms with E-state index in [1.54, 1.807) is 96.9 Å². The summed E-state index contributed by atoms with van der Waals surface area (Å²) in [5, 5.41) is 27.6. The van der Waals surface area contributed by atoms with Crippen LogP contribution in [0.2, 0.25) is 0 Å². The van der Waals surface area contributed by atoms with Gasteiger partial charge in [0, 0.05) is 85.5 Å². The summed E-state index contributed by atoms with van der Waals surface area (Å²) in [4.78, 5) is 71.6. The van der Waals surface area contributed by atoms with Gasteiger partial charge in [0.05, 0.1) is 75.0 Å². The van der Waals surface area contributed by atoms with Crippen LogP contribution in [0.5, 0.6) is 11.8 Å². The van der Waals surface area contributed by atoms with Crippen molar-refractivity contribution in [1.29, 1.82) is 10.5 Å². The third-order valence-corrected chi connectivity index (χ3v) is 16.8. The van der Waals surface area contributed by atoms with Crippen LogP contribution in [-0.2, 0) is 53.4 Å². The maximum atomic E-state index is 15.8. The normalized spacial score (nSPS) is 12.5. The van der Waals surface area contributed by atoms with Crippen molar-refractivity contribution < 1.29 is 98.6 Å². The summed E-state index contributed by atoms with van der Waals surface area (Å²) in [6.45, 7) is 11.3. The third-order valence-electron chi connectivity index (χ3n) is 16.8. The van der Waals surface area contributed by atoms with Gasteiger partial charge in [-0.3, -0.25) is 0 Å². The number of benzene rings is 6. The summed E-state index contributed by atoms with van der Waals surface area (Å²) in [5.74, 6) is -4.96. The van der Waals surface area contributed by atoms with E-state index in [9.17, 15) is 33.1 Å². The van der Waals surface area contributed by atoms with E-state index in [2.05, 4.69) is 15.0 Å². The van der Waals surface area contributed by atoms with Crippen molar-refractivity contribution in [3.8, 4) is 46.4 Å². The summed E-state index contributed by atoms with van der Waals surface area (Å²) in [6.07, 6.45) is 2.21. The first-order valence-corrected chi connectivity index (χ1v) is 33.0. The number of carbonyl (C=O) groups excluding carboxylic acids is 3. The molecule has 0 atom stereocenters. The minimum Gasteiger partial charge on any atom is -0.870 e. The van der Waals surface area contributed by atoms with E-state index >= 15 is 17.6 Å². The quantitative estimate of drug-likeness (QED) is 0.0286. The number of nitrogens with zero attached hydrogens (tertiary/aromatic N) is 10. The Hall–Kier alpha value is -11.2. The fourth-order valence-electron chi connectivity index (χ4n) is 11.4. The number of carboxylic acids is 1. The molecular formula is C77H71F6LiN10O11. The zero-order valence-electron chi connectivity index (χ0n) is 58.7. The zero-order chi connectivity index (χ0) is 73.6. The molecule has 2 fully saturated rings. The number of rotatable bonds is 22. The number of esters is 1. The SMILES string of the molecule is CC(C)(C)OC(=O)N(CCn1c(Cc2cc(F)c(-c3cccc(OCc4ccc(C#N)cc4F)n3)cc2F)nc2ccc(C(=O)O)cc21)C1CC1.COC(=O)c1ccc2nc(Cc3cc(F)c(-c4cccc(OCc5ccc(C#N)cc5F)n4)cc3F)n(CCN(C(=O)OC(C)(C)C)C3CC3)c2c1.[Li+].[OH-]. The maximum absolute atomic E-state index is 15.8. The Kier molecular flexibility index (Phi) is 24.5. The Morgan fingerprint density at radius 3 is 1.30 bits per heavy atom. The molecule has 2 N–H and O–H groups in total. The topological polar surface area (TPSA) is 280 Å². The average Bonchev–Trinajstić information content (AvgIpc) is 1.58. The van der Waals surface area contributed by atoms with Crippen molar-refractivity contribution in [2.75, 3.05) is 20.2 Å². The molecule has 538 valence electrons. The molecule has 2 saturated carbocycles. The molecule has 0 radical (unpaired) electrons. The number of fused-ring (bicyclic) bond motifs is 2. The molecule has 28 heteroatoms. The first kappa shape index (κ1) is 77.9. The monoisotopic (exact) mass is 1430 g/mol. The molecule has 21 nitrogen and oxygen atoms in total. The molecule has 105 heavy (non-hydrogen) atoms. The Balaban J connectivity index is 0.000000239. The van der Waals surface area contributed by atoms with E-state index in [0.29, 0.717) is 33.7 Å². The van der Waals surface area contributed by atoms with Crippen LogP contribution in [0, 0.1) is 57.6 Å². The van der Waals surface area contributed by atoms with Crippen LogP contribution in [0.25, 0.3) is 44.6 Å². The number of hydrogen-bond donors (Lipinski definition) is 1. The standard InChI is InChI=1S/C39H36F3N5O5.C38H34F3N5O5.Li.H2O/c1-39(2,3)52-38(49)46(27-11-12-27)14-15-47-34-18-24(37(48)50-4)10-13-33(34)44-35(47)19-26-17-31(42)28(20-30(26)41)32-6-5-7-36(45-32)51-22-25-9-8-23(21-43)16-29(25)40;1-38(2,3)51-37(49)45(26-10-11-26)13-14-46-33-17-23(36(47)48)9-12-32(33)43-34(46)18-25-16-30(41)27(19-29(25)40)31-5-4-6-35(44-31)50-21-24-8-7-22(20-42)15-28(24)39;;/h5-10,13,16-18,20,27H,11-12,14-15,19,22H2,1-4H3;4-9,12,15-17,19,26H,10-11,13-14,18,21H2,1-3H3,(H,47,48);;1H2/q;;+1;/p-1. The number of imidazole rings is 2. The van der Waals surface area contributed by atoms with E-state index in [-0.39, 0.29) is 167 Å². The van der Waals surface area contributed by atoms with E-state index in [1.807, 2.05) is 12.1 Å². The molecule has 4 aromatic heterocycles. The van der Waals surface area contributed by atoms with Gasteiger partial charge in [-0.25, -0.2) is 65.5 Å². The summed E-state index contributed by atoms with van der Waals surface area (Å²) < 4.78 is 123. The van der Waals surface area contributed by atoms with Gasteiger partial charge in [0.2, 0.25) is 11.8 Å². The van der Waals surface area contributed by atoms with E-state index < -0.39 is 70.2 Å². The second kappa shape index (κ2) is 33.0. The summed E-state index contributed by atoms with van der Waals surface area (Å²) in [7, 11) is 1.28. The summed E-state index contributed by atoms with van der Waals surface area (Å²) >= 11 is 0. The number of carboxylic acid groups (broad SMARTS) is 1. The Morgan fingerprint density at radius 1 is 0.524 bits per heavy atom. The molecule has 0 bridgehead atoms. The summed E-state index contributed by atoms with van der Waals surface area (Å²) in [5.41, 5.74) is 1.69. The minimum atomic E-state index is -1.13. The molecule has 2 aliphatic carbocycles. The van der Waals surface area contributed by atoms with Crippen LogP contribution in [0.15, 0.2) is 133 Å². The van der Waals surface area contributed by atoms with Gasteiger partial charge in [-0.1, -0.05) is 24.3 Å². The largest absolute Gasteiger partial charge is 1.00 e. The molecule has 0 spiro atoms. The number of hydrogen-bond acceptors (Lipinski definition) is 16. The number of pyridine rings is 2. The van der Waals surface area contributed by atoms with Crippen molar-refractivity contribution in [1.82, 2.24) is 38.9 Å². The number of halogens is 6. The number of methoxy groups -OCH3 is 1. The summed E-state index contributed by atoms with van der Waals surface area (Å²) in [6, 6.07) is 34.4. The number of nitriles is 2. The van der Waals surface area contributed by atoms with E-state index in [4.69, 9.17) is 39.2 Å². The molecule has 4 heterocycles. The molecule has 10 aromatic rings. The van der Waals surface area contributed by atoms with Crippen molar-refractivity contribution in [3.63, 3.8) is 0 Å². The van der Waals surface area contributed by atoms with Gasteiger partial charge in [-0.15, -0.1) is 0 Å². The molecule has 0 saturated heterocycles. The van der Waals surface area contributed by atoms with Gasteiger partial charge in [0.15, 0.2) is 0 Å². The van der Waals surface area contributed by atoms with Crippen molar-refractivity contribution >= 4 is 46.2 Å². The first-order chi connectivity index (χ1) is 49.1. The second-order valence-electron chi connectivity index (χ2n) is 26.7. The van der Waals surface area contributed by atoms with E-state index in [0.717, 1.165) is 62.1 Å². The van der Waals surface area contributed by atoms with Crippen LogP contribution >= 0.6 is 0 Å². The fourth-order valence-corrected chi connectivity index (χ4v) is 11.4. The number of ether oxygens (including phenoxy) is 5. The first-order valence-electron chi connectivity index (χ1n) is 33.0. The second-order valence-corrected chi connectivity index (χ2v) is 26.7. The maximum Gasteiger partial charge on any atom is 1.00 e. The Morgan fingerprint density at radius 2 is 0.924 bits per heavy atom. The molecule has 0 aliphatic heterocycles. The molecule has 0 unspecified atom stereocenters. The van der Waals surface area contributed by atoms with Crippen molar-refractivity contribution in [3.05, 3.63) is 225 Å². The van der Waals surface area contributed by atoms with Crippen LogP contribution < -0.4 is 28.3 Å². The van der Waals surface area contributed by atoms with Gasteiger partial charge in [0.25, 0.3) is 0 Å². The third kappa shape index (κ3) is 19.3. The van der Waals surface area contributed by atoms with E-state index in [1.165, 1.54) is 67.8 Å². The van der Waals surface area contributed by atoms with Crippen LogP contribution in [0.1, 0.15) is 133 Å². The smallest absolute Gasteiger partial charge is 0.870 e. The van der Waals surface area contributed by atoms with Crippen LogP contribution in [0.4, 0.5) is 35.9 Å². The number of carbonyl (C=O) groups is 4. The van der Waals surface area contributed by atoms with Gasteiger partial charge in [-0.2, -0.15) is 10.5 Å². The number of amides is 2. The van der Waals surface area contributed by atoms with Crippen molar-refractivity contribution in [2.24, 2.45) is 0 Å². The molecule has 2 aliphatic rings.